The van der Waals surface area contributed by atoms with Gasteiger partial charge in [-0.1, -0.05) is 48.0 Å². The van der Waals surface area contributed by atoms with E-state index in [1.165, 1.54) is 0 Å². The summed E-state index contributed by atoms with van der Waals surface area (Å²) < 4.78 is 0. The fourth-order valence-electron chi connectivity index (χ4n) is 2.80. The van der Waals surface area contributed by atoms with Crippen LogP contribution in [0.15, 0.2) is 66.7 Å². The molecule has 0 amide bonds. The standard InChI is InChI=1S/C21H19ClN2O/c1-14-7-3-4-8-16(14)21(25)17-12-11-15(13-18(17)22)24(2)20-10-6-5-9-19(20)23/h3-13H,23H2,1-2H3. The van der Waals surface area contributed by atoms with Gasteiger partial charge in [0, 0.05) is 23.9 Å². The molecule has 0 fully saturated rings. The summed E-state index contributed by atoms with van der Waals surface area (Å²) in [5.74, 6) is -0.0727. The number of nitrogens with zero attached hydrogens (tertiary/aromatic N) is 1. The van der Waals surface area contributed by atoms with Gasteiger partial charge < -0.3 is 10.6 Å². The van der Waals surface area contributed by atoms with Crippen molar-refractivity contribution in [1.82, 2.24) is 0 Å². The lowest BCUT2D eigenvalue weighted by Gasteiger charge is -2.22. The molecular formula is C21H19ClN2O. The lowest BCUT2D eigenvalue weighted by Crippen LogP contribution is -2.12. The van der Waals surface area contributed by atoms with Gasteiger partial charge in [0.2, 0.25) is 0 Å². The number of nitrogen functional groups attached to an aromatic ring is 1. The van der Waals surface area contributed by atoms with Crippen LogP contribution in [0.4, 0.5) is 17.1 Å². The largest absolute Gasteiger partial charge is 0.397 e. The Morgan fingerprint density at radius 1 is 0.960 bits per heavy atom. The van der Waals surface area contributed by atoms with Crippen LogP contribution >= 0.6 is 11.6 Å². The molecule has 126 valence electrons. The van der Waals surface area contributed by atoms with E-state index in [4.69, 9.17) is 17.3 Å². The average Bonchev–Trinajstić information content (AvgIpc) is 2.61. The number of ketones is 1. The second-order valence-corrected chi connectivity index (χ2v) is 6.33. The monoisotopic (exact) mass is 350 g/mol. The number of para-hydroxylation sites is 2. The quantitative estimate of drug-likeness (QED) is 0.517. The fraction of sp³-hybridized carbons (Fsp3) is 0.0952. The molecule has 0 heterocycles. The zero-order valence-electron chi connectivity index (χ0n) is 14.2. The summed E-state index contributed by atoms with van der Waals surface area (Å²) in [7, 11) is 1.92. The molecule has 3 aromatic rings. The van der Waals surface area contributed by atoms with Gasteiger partial charge in [-0.15, -0.1) is 0 Å². The van der Waals surface area contributed by atoms with Gasteiger partial charge in [0.25, 0.3) is 0 Å². The minimum Gasteiger partial charge on any atom is -0.397 e. The van der Waals surface area contributed by atoms with Gasteiger partial charge in [-0.25, -0.2) is 0 Å². The molecule has 0 aromatic heterocycles. The number of hydrogen-bond donors (Lipinski definition) is 1. The Hall–Kier alpha value is -2.78. The average molecular weight is 351 g/mol. The predicted molar refractivity (Wildman–Crippen MR) is 105 cm³/mol. The molecule has 4 heteroatoms. The Balaban J connectivity index is 1.95. The van der Waals surface area contributed by atoms with Crippen molar-refractivity contribution in [1.29, 1.82) is 0 Å². The molecule has 2 N–H and O–H groups in total. The van der Waals surface area contributed by atoms with E-state index in [-0.39, 0.29) is 5.78 Å². The second kappa shape index (κ2) is 6.99. The summed E-state index contributed by atoms with van der Waals surface area (Å²) in [6.07, 6.45) is 0. The number of benzene rings is 3. The number of rotatable bonds is 4. The van der Waals surface area contributed by atoms with Crippen LogP contribution in [0.1, 0.15) is 21.5 Å². The maximum atomic E-state index is 12.8. The highest BCUT2D eigenvalue weighted by Gasteiger charge is 2.16. The summed E-state index contributed by atoms with van der Waals surface area (Å²) in [5.41, 5.74) is 10.6. The molecule has 0 radical (unpaired) electrons. The minimum atomic E-state index is -0.0727. The molecule has 0 bridgehead atoms. The molecule has 0 aliphatic heterocycles. The second-order valence-electron chi connectivity index (χ2n) is 5.93. The first kappa shape index (κ1) is 17.1. The Morgan fingerprint density at radius 2 is 1.64 bits per heavy atom. The van der Waals surface area contributed by atoms with E-state index in [1.807, 2.05) is 73.5 Å². The predicted octanol–water partition coefficient (Wildman–Crippen LogP) is 5.23. The first-order valence-corrected chi connectivity index (χ1v) is 8.35. The molecule has 0 atom stereocenters. The Morgan fingerprint density at radius 3 is 2.32 bits per heavy atom. The summed E-state index contributed by atoms with van der Waals surface area (Å²) in [6.45, 7) is 1.92. The fourth-order valence-corrected chi connectivity index (χ4v) is 3.06. The van der Waals surface area contributed by atoms with Crippen molar-refractivity contribution >= 4 is 34.4 Å². The van der Waals surface area contributed by atoms with Gasteiger partial charge in [-0.05, 0) is 42.8 Å². The number of carbonyl (C=O) groups is 1. The van der Waals surface area contributed by atoms with Crippen LogP contribution < -0.4 is 10.6 Å². The van der Waals surface area contributed by atoms with Crippen LogP contribution in [0, 0.1) is 6.92 Å². The molecule has 0 saturated heterocycles. The third kappa shape index (κ3) is 3.37. The highest BCUT2D eigenvalue weighted by molar-refractivity contribution is 6.35. The van der Waals surface area contributed by atoms with Crippen LogP contribution in [-0.2, 0) is 0 Å². The van der Waals surface area contributed by atoms with Crippen LogP contribution in [0.3, 0.4) is 0 Å². The van der Waals surface area contributed by atoms with E-state index in [0.717, 1.165) is 16.9 Å². The minimum absolute atomic E-state index is 0.0727. The zero-order chi connectivity index (χ0) is 18.0. The van der Waals surface area contributed by atoms with E-state index in [0.29, 0.717) is 21.8 Å². The molecule has 0 saturated carbocycles. The van der Waals surface area contributed by atoms with Crippen molar-refractivity contribution in [3.8, 4) is 0 Å². The lowest BCUT2D eigenvalue weighted by molar-refractivity contribution is 0.103. The number of hydrogen-bond acceptors (Lipinski definition) is 3. The molecule has 0 aliphatic carbocycles. The first-order valence-electron chi connectivity index (χ1n) is 7.97. The SMILES string of the molecule is Cc1ccccc1C(=O)c1ccc(N(C)c2ccccc2N)cc1Cl. The Kier molecular flexibility index (Phi) is 4.77. The van der Waals surface area contributed by atoms with E-state index in [2.05, 4.69) is 0 Å². The molecule has 0 unspecified atom stereocenters. The van der Waals surface area contributed by atoms with Crippen molar-refractivity contribution in [2.75, 3.05) is 17.7 Å². The number of anilines is 3. The molecule has 3 rings (SSSR count). The molecule has 0 aliphatic rings. The summed E-state index contributed by atoms with van der Waals surface area (Å²) >= 11 is 6.42. The molecule has 0 spiro atoms. The number of nitrogens with two attached hydrogens (primary N) is 1. The maximum absolute atomic E-state index is 12.8. The zero-order valence-corrected chi connectivity index (χ0v) is 14.9. The summed E-state index contributed by atoms with van der Waals surface area (Å²) in [5, 5.41) is 0.423. The van der Waals surface area contributed by atoms with Crippen molar-refractivity contribution in [2.24, 2.45) is 0 Å². The molecule has 3 nitrogen and oxygen atoms in total. The number of halogens is 1. The van der Waals surface area contributed by atoms with Gasteiger partial charge >= 0.3 is 0 Å². The van der Waals surface area contributed by atoms with Crippen LogP contribution in [0.2, 0.25) is 5.02 Å². The van der Waals surface area contributed by atoms with Crippen molar-refractivity contribution in [3.63, 3.8) is 0 Å². The third-order valence-electron chi connectivity index (χ3n) is 4.27. The van der Waals surface area contributed by atoms with Gasteiger partial charge in [0.15, 0.2) is 5.78 Å². The lowest BCUT2D eigenvalue weighted by atomic mass is 9.99. The number of carbonyl (C=O) groups excluding carboxylic acids is 1. The van der Waals surface area contributed by atoms with E-state index in [1.54, 1.807) is 12.1 Å². The highest BCUT2D eigenvalue weighted by Crippen LogP contribution is 2.32. The number of aryl methyl sites for hydroxylation is 1. The topological polar surface area (TPSA) is 46.3 Å². The molecule has 25 heavy (non-hydrogen) atoms. The van der Waals surface area contributed by atoms with Gasteiger partial charge in [0.1, 0.15) is 0 Å². The van der Waals surface area contributed by atoms with Gasteiger partial charge in [-0.2, -0.15) is 0 Å². The van der Waals surface area contributed by atoms with Crippen LogP contribution in [0.25, 0.3) is 0 Å². The normalized spacial score (nSPS) is 10.5. The van der Waals surface area contributed by atoms with Crippen molar-refractivity contribution in [2.45, 2.75) is 6.92 Å². The third-order valence-corrected chi connectivity index (χ3v) is 4.59. The highest BCUT2D eigenvalue weighted by atomic mass is 35.5. The van der Waals surface area contributed by atoms with Crippen molar-refractivity contribution in [3.05, 3.63) is 88.4 Å². The van der Waals surface area contributed by atoms with E-state index in [9.17, 15) is 4.79 Å². The smallest absolute Gasteiger partial charge is 0.194 e. The van der Waals surface area contributed by atoms with Crippen LogP contribution in [0.5, 0.6) is 0 Å². The molecule has 3 aromatic carbocycles. The van der Waals surface area contributed by atoms with Crippen molar-refractivity contribution < 1.29 is 4.79 Å². The van der Waals surface area contributed by atoms with Gasteiger partial charge in [-0.3, -0.25) is 4.79 Å². The van der Waals surface area contributed by atoms with Crippen LogP contribution in [-0.4, -0.2) is 12.8 Å². The van der Waals surface area contributed by atoms with Gasteiger partial charge in [0.05, 0.1) is 16.4 Å². The summed E-state index contributed by atoms with van der Waals surface area (Å²) in [4.78, 5) is 14.7. The first-order chi connectivity index (χ1) is 12.0. The molecular weight excluding hydrogens is 332 g/mol. The Labute approximate surface area is 152 Å². The van der Waals surface area contributed by atoms with E-state index >= 15 is 0 Å². The summed E-state index contributed by atoms with van der Waals surface area (Å²) in [6, 6.07) is 20.6. The van der Waals surface area contributed by atoms with E-state index < -0.39 is 0 Å². The Bertz CT molecular complexity index is 937. The maximum Gasteiger partial charge on any atom is 0.194 e.